The maximum absolute atomic E-state index is 11.0. The van der Waals surface area contributed by atoms with Gasteiger partial charge in [-0.1, -0.05) is 6.92 Å². The third-order valence-corrected chi connectivity index (χ3v) is 3.78. The van der Waals surface area contributed by atoms with Crippen LogP contribution in [0.1, 0.15) is 20.3 Å². The van der Waals surface area contributed by atoms with Crippen molar-refractivity contribution in [3.8, 4) is 0 Å². The van der Waals surface area contributed by atoms with Gasteiger partial charge in [0.05, 0.1) is 17.6 Å². The molecule has 0 bridgehead atoms. The van der Waals surface area contributed by atoms with Gasteiger partial charge in [0.1, 0.15) is 0 Å². The molecular formula is C6H14O6S2. The zero-order valence-corrected chi connectivity index (χ0v) is 9.64. The minimum absolute atomic E-state index is 0.485. The van der Waals surface area contributed by atoms with Crippen molar-refractivity contribution in [2.24, 2.45) is 0 Å². The summed E-state index contributed by atoms with van der Waals surface area (Å²) in [6.45, 7) is 3.30. The van der Waals surface area contributed by atoms with Crippen molar-refractivity contribution in [2.75, 3.05) is 11.5 Å². The molecule has 8 heteroatoms. The fraction of sp³-hybridized carbons (Fsp3) is 1.00. The summed E-state index contributed by atoms with van der Waals surface area (Å²) in [5, 5.41) is 0. The zero-order valence-electron chi connectivity index (χ0n) is 8.00. The Morgan fingerprint density at radius 3 is 2.07 bits per heavy atom. The second-order valence-corrected chi connectivity index (χ2v) is 6.15. The molecule has 0 spiro atoms. The average molecular weight is 246 g/mol. The lowest BCUT2D eigenvalue weighted by molar-refractivity contribution is 0.225. The Balaban J connectivity index is 4.24. The van der Waals surface area contributed by atoms with E-state index in [4.69, 9.17) is 4.55 Å². The highest BCUT2D eigenvalue weighted by molar-refractivity contribution is 7.90. The molecule has 0 aliphatic heterocycles. The van der Waals surface area contributed by atoms with Crippen LogP contribution in [0.3, 0.4) is 0 Å². The molecule has 0 heterocycles. The van der Waals surface area contributed by atoms with Gasteiger partial charge in [-0.3, -0.25) is 8.74 Å². The molecule has 1 unspecified atom stereocenters. The van der Waals surface area contributed by atoms with E-state index in [9.17, 15) is 16.8 Å². The van der Waals surface area contributed by atoms with Gasteiger partial charge in [0.15, 0.2) is 0 Å². The predicted molar refractivity (Wildman–Crippen MR) is 51.0 cm³/mol. The molecule has 1 atom stereocenters. The highest BCUT2D eigenvalue weighted by atomic mass is 32.2. The summed E-state index contributed by atoms with van der Waals surface area (Å²) in [7, 11) is -8.12. The van der Waals surface area contributed by atoms with E-state index in [-0.39, 0.29) is 0 Å². The lowest BCUT2D eigenvalue weighted by Crippen LogP contribution is -2.22. The molecule has 0 aromatic heterocycles. The molecule has 0 amide bonds. The molecule has 86 valence electrons. The maximum atomic E-state index is 11.0. The van der Waals surface area contributed by atoms with Crippen LogP contribution in [0, 0.1) is 0 Å². The van der Waals surface area contributed by atoms with Gasteiger partial charge in [-0.05, 0) is 13.3 Å². The maximum Gasteiger partial charge on any atom is 0.268 e. The van der Waals surface area contributed by atoms with Crippen molar-refractivity contribution in [3.63, 3.8) is 0 Å². The molecule has 0 aromatic carbocycles. The highest BCUT2D eigenvalue weighted by Gasteiger charge is 2.18. The lowest BCUT2D eigenvalue weighted by Gasteiger charge is -2.09. The Morgan fingerprint density at radius 1 is 1.21 bits per heavy atom. The second-order valence-electron chi connectivity index (χ2n) is 2.86. The largest absolute Gasteiger partial charge is 0.286 e. The van der Waals surface area contributed by atoms with Gasteiger partial charge in [0.25, 0.3) is 20.2 Å². The van der Waals surface area contributed by atoms with E-state index in [2.05, 4.69) is 4.18 Å². The van der Waals surface area contributed by atoms with Crippen LogP contribution in [-0.4, -0.2) is 39.0 Å². The summed E-state index contributed by atoms with van der Waals surface area (Å²) in [4.78, 5) is 0. The third-order valence-electron chi connectivity index (χ3n) is 1.48. The summed E-state index contributed by atoms with van der Waals surface area (Å²) in [6.07, 6.45) is 0.0202. The topological polar surface area (TPSA) is 97.7 Å². The standard InChI is InChI=1S/C6H14O6S2/c1-3-6(2)12-14(10,11)5-4-13(7,8)9/h6H,3-5H2,1-2H3,(H,7,8,9). The summed E-state index contributed by atoms with van der Waals surface area (Å²) in [5.74, 6) is -1.57. The number of hydrogen-bond acceptors (Lipinski definition) is 5. The van der Waals surface area contributed by atoms with E-state index >= 15 is 0 Å². The fourth-order valence-corrected chi connectivity index (χ4v) is 2.97. The Bertz CT molecular complexity index is 354. The van der Waals surface area contributed by atoms with Crippen LogP contribution in [0.5, 0.6) is 0 Å². The summed E-state index contributed by atoms with van der Waals surface area (Å²) in [5.41, 5.74) is 0. The first-order valence-corrected chi connectivity index (χ1v) is 7.21. The normalized spacial score (nSPS) is 15.4. The van der Waals surface area contributed by atoms with E-state index in [1.807, 2.05) is 0 Å². The van der Waals surface area contributed by atoms with Crippen LogP contribution in [-0.2, 0) is 24.4 Å². The molecule has 1 N–H and O–H groups in total. The minimum Gasteiger partial charge on any atom is -0.286 e. The monoisotopic (exact) mass is 246 g/mol. The van der Waals surface area contributed by atoms with Crippen molar-refractivity contribution in [2.45, 2.75) is 26.4 Å². The Labute approximate surface area is 84.1 Å². The van der Waals surface area contributed by atoms with Gasteiger partial charge in [-0.15, -0.1) is 0 Å². The van der Waals surface area contributed by atoms with Crippen molar-refractivity contribution < 1.29 is 25.6 Å². The highest BCUT2D eigenvalue weighted by Crippen LogP contribution is 2.04. The van der Waals surface area contributed by atoms with Crippen LogP contribution in [0.15, 0.2) is 0 Å². The molecule has 14 heavy (non-hydrogen) atoms. The average Bonchev–Trinajstić information content (AvgIpc) is 1.99. The first kappa shape index (κ1) is 13.8. The Kier molecular flexibility index (Phi) is 4.99. The minimum atomic E-state index is -4.26. The molecular weight excluding hydrogens is 232 g/mol. The SMILES string of the molecule is CCC(C)OS(=O)(=O)CCS(=O)(=O)O. The molecule has 0 aromatic rings. The summed E-state index contributed by atoms with van der Waals surface area (Å²) in [6, 6.07) is 0. The summed E-state index contributed by atoms with van der Waals surface area (Å²) >= 11 is 0. The van der Waals surface area contributed by atoms with Crippen molar-refractivity contribution in [1.82, 2.24) is 0 Å². The first-order chi connectivity index (χ1) is 6.16. The van der Waals surface area contributed by atoms with Gasteiger partial charge < -0.3 is 0 Å². The summed E-state index contributed by atoms with van der Waals surface area (Å²) < 4.78 is 55.5. The van der Waals surface area contributed by atoms with E-state index in [1.165, 1.54) is 0 Å². The van der Waals surface area contributed by atoms with Gasteiger partial charge in [0, 0.05) is 0 Å². The van der Waals surface area contributed by atoms with E-state index < -0.39 is 37.8 Å². The quantitative estimate of drug-likeness (QED) is 0.524. The molecule has 6 nitrogen and oxygen atoms in total. The van der Waals surface area contributed by atoms with Crippen molar-refractivity contribution >= 4 is 20.2 Å². The Hall–Kier alpha value is -0.180. The first-order valence-electron chi connectivity index (χ1n) is 4.02. The lowest BCUT2D eigenvalue weighted by atomic mass is 10.3. The van der Waals surface area contributed by atoms with Gasteiger partial charge in [-0.2, -0.15) is 16.8 Å². The smallest absolute Gasteiger partial charge is 0.268 e. The van der Waals surface area contributed by atoms with E-state index in [1.54, 1.807) is 13.8 Å². The third kappa shape index (κ3) is 7.25. The molecule has 0 rings (SSSR count). The molecule has 0 saturated heterocycles. The van der Waals surface area contributed by atoms with Gasteiger partial charge in [-0.25, -0.2) is 0 Å². The molecule has 0 aliphatic rings. The van der Waals surface area contributed by atoms with Crippen LogP contribution in [0.25, 0.3) is 0 Å². The molecule has 0 fully saturated rings. The van der Waals surface area contributed by atoms with Crippen LogP contribution in [0.4, 0.5) is 0 Å². The van der Waals surface area contributed by atoms with E-state index in [0.717, 1.165) is 0 Å². The zero-order chi connectivity index (χ0) is 11.4. The van der Waals surface area contributed by atoms with Gasteiger partial charge in [0.2, 0.25) is 0 Å². The fourth-order valence-electron chi connectivity index (χ4n) is 0.574. The predicted octanol–water partition coefficient (Wildman–Crippen LogP) is 0.0191. The number of rotatable bonds is 6. The molecule has 0 saturated carbocycles. The second kappa shape index (κ2) is 5.06. The molecule has 0 aliphatic carbocycles. The number of hydrogen-bond donors (Lipinski definition) is 1. The van der Waals surface area contributed by atoms with E-state index in [0.29, 0.717) is 6.42 Å². The van der Waals surface area contributed by atoms with Gasteiger partial charge >= 0.3 is 0 Å². The van der Waals surface area contributed by atoms with Crippen LogP contribution >= 0.6 is 0 Å². The Morgan fingerprint density at radius 2 is 1.71 bits per heavy atom. The van der Waals surface area contributed by atoms with Crippen LogP contribution in [0.2, 0.25) is 0 Å². The van der Waals surface area contributed by atoms with Crippen LogP contribution < -0.4 is 0 Å². The molecule has 0 radical (unpaired) electrons. The van der Waals surface area contributed by atoms with Crippen molar-refractivity contribution in [1.29, 1.82) is 0 Å². The van der Waals surface area contributed by atoms with Crippen molar-refractivity contribution in [3.05, 3.63) is 0 Å².